The maximum Gasteiger partial charge on any atom is 0.223 e. The van der Waals surface area contributed by atoms with Gasteiger partial charge < -0.3 is 13.7 Å². The molecule has 0 aliphatic rings. The van der Waals surface area contributed by atoms with Crippen LogP contribution in [0.3, 0.4) is 0 Å². The Balaban J connectivity index is 1.58. The SMILES string of the molecule is CC(c1ccco1)N(C)C(=O)CCc1ccc(-c2ccccc2)o1. The highest BCUT2D eigenvalue weighted by atomic mass is 16.3. The second kappa shape index (κ2) is 7.21. The molecule has 2 aromatic heterocycles. The molecule has 4 heteroatoms. The molecule has 1 amide bonds. The normalized spacial score (nSPS) is 12.1. The molecule has 1 unspecified atom stereocenters. The molecule has 24 heavy (non-hydrogen) atoms. The molecule has 0 N–H and O–H groups in total. The van der Waals surface area contributed by atoms with Crippen molar-refractivity contribution >= 4 is 5.91 Å². The van der Waals surface area contributed by atoms with Crippen LogP contribution < -0.4 is 0 Å². The second-order valence-electron chi connectivity index (χ2n) is 5.83. The van der Waals surface area contributed by atoms with Crippen LogP contribution in [0.25, 0.3) is 11.3 Å². The molecular weight excluding hydrogens is 302 g/mol. The van der Waals surface area contributed by atoms with E-state index >= 15 is 0 Å². The molecule has 0 spiro atoms. The fourth-order valence-corrected chi connectivity index (χ4v) is 2.61. The Hall–Kier alpha value is -2.75. The van der Waals surface area contributed by atoms with E-state index < -0.39 is 0 Å². The van der Waals surface area contributed by atoms with Crippen LogP contribution in [-0.4, -0.2) is 17.9 Å². The third-order valence-corrected chi connectivity index (χ3v) is 4.23. The average molecular weight is 323 g/mol. The summed E-state index contributed by atoms with van der Waals surface area (Å²) >= 11 is 0. The lowest BCUT2D eigenvalue weighted by Gasteiger charge is -2.23. The zero-order valence-electron chi connectivity index (χ0n) is 13.9. The van der Waals surface area contributed by atoms with Crippen LogP contribution in [0.4, 0.5) is 0 Å². The smallest absolute Gasteiger partial charge is 0.223 e. The molecule has 3 aromatic rings. The molecule has 0 saturated heterocycles. The van der Waals surface area contributed by atoms with Crippen LogP contribution in [-0.2, 0) is 11.2 Å². The minimum absolute atomic E-state index is 0.0663. The summed E-state index contributed by atoms with van der Waals surface area (Å²) in [5.74, 6) is 2.50. The number of benzene rings is 1. The van der Waals surface area contributed by atoms with E-state index in [1.54, 1.807) is 18.2 Å². The minimum Gasteiger partial charge on any atom is -0.467 e. The molecule has 0 aliphatic carbocycles. The van der Waals surface area contributed by atoms with Crippen molar-refractivity contribution in [3.05, 3.63) is 72.4 Å². The Kier molecular flexibility index (Phi) is 4.85. The van der Waals surface area contributed by atoms with Crippen molar-refractivity contribution in [2.75, 3.05) is 7.05 Å². The van der Waals surface area contributed by atoms with Crippen molar-refractivity contribution in [2.24, 2.45) is 0 Å². The number of hydrogen-bond donors (Lipinski definition) is 0. The van der Waals surface area contributed by atoms with E-state index in [4.69, 9.17) is 8.83 Å². The van der Waals surface area contributed by atoms with Crippen molar-refractivity contribution in [2.45, 2.75) is 25.8 Å². The summed E-state index contributed by atoms with van der Waals surface area (Å²) < 4.78 is 11.2. The molecule has 0 fully saturated rings. The zero-order chi connectivity index (χ0) is 16.9. The molecule has 1 aromatic carbocycles. The largest absolute Gasteiger partial charge is 0.467 e. The highest BCUT2D eigenvalue weighted by molar-refractivity contribution is 5.76. The van der Waals surface area contributed by atoms with E-state index in [2.05, 4.69) is 0 Å². The first-order valence-electron chi connectivity index (χ1n) is 8.08. The third kappa shape index (κ3) is 3.59. The first-order valence-corrected chi connectivity index (χ1v) is 8.08. The summed E-state index contributed by atoms with van der Waals surface area (Å²) in [5, 5.41) is 0. The van der Waals surface area contributed by atoms with Crippen LogP contribution in [0.2, 0.25) is 0 Å². The van der Waals surface area contributed by atoms with Gasteiger partial charge in [-0.25, -0.2) is 0 Å². The van der Waals surface area contributed by atoms with Gasteiger partial charge in [0.15, 0.2) is 0 Å². The Bertz CT molecular complexity index is 774. The predicted molar refractivity (Wildman–Crippen MR) is 92.4 cm³/mol. The molecule has 0 saturated carbocycles. The van der Waals surface area contributed by atoms with E-state index in [0.717, 1.165) is 22.8 Å². The summed E-state index contributed by atoms with van der Waals surface area (Å²) in [6.45, 7) is 1.96. The molecule has 4 nitrogen and oxygen atoms in total. The number of rotatable bonds is 6. The lowest BCUT2D eigenvalue weighted by molar-refractivity contribution is -0.132. The molecule has 2 heterocycles. The number of carbonyl (C=O) groups excluding carboxylic acids is 1. The molecule has 0 bridgehead atoms. The summed E-state index contributed by atoms with van der Waals surface area (Å²) in [6.07, 6.45) is 2.61. The van der Waals surface area contributed by atoms with Crippen LogP contribution in [0, 0.1) is 0 Å². The lowest BCUT2D eigenvalue weighted by Crippen LogP contribution is -2.29. The molecule has 0 radical (unpaired) electrons. The highest BCUT2D eigenvalue weighted by Crippen LogP contribution is 2.23. The Labute approximate surface area is 141 Å². The Morgan fingerprint density at radius 3 is 2.58 bits per heavy atom. The van der Waals surface area contributed by atoms with Crippen LogP contribution in [0.1, 0.15) is 30.9 Å². The number of amides is 1. The predicted octanol–water partition coefficient (Wildman–Crippen LogP) is 4.69. The molecule has 124 valence electrons. The average Bonchev–Trinajstić information content (AvgIpc) is 3.31. The summed E-state index contributed by atoms with van der Waals surface area (Å²) in [5.41, 5.74) is 1.04. The number of nitrogens with zero attached hydrogens (tertiary/aromatic N) is 1. The fraction of sp³-hybridized carbons (Fsp3) is 0.250. The van der Waals surface area contributed by atoms with Crippen molar-refractivity contribution in [3.8, 4) is 11.3 Å². The van der Waals surface area contributed by atoms with E-state index in [1.807, 2.05) is 61.5 Å². The van der Waals surface area contributed by atoms with Crippen LogP contribution in [0.5, 0.6) is 0 Å². The van der Waals surface area contributed by atoms with Crippen molar-refractivity contribution in [1.82, 2.24) is 4.90 Å². The van der Waals surface area contributed by atoms with Gasteiger partial charge in [0, 0.05) is 25.5 Å². The van der Waals surface area contributed by atoms with Crippen molar-refractivity contribution in [3.63, 3.8) is 0 Å². The maximum absolute atomic E-state index is 12.4. The van der Waals surface area contributed by atoms with Gasteiger partial charge in [0.2, 0.25) is 5.91 Å². The zero-order valence-corrected chi connectivity index (χ0v) is 13.9. The number of furan rings is 2. The Morgan fingerprint density at radius 1 is 1.08 bits per heavy atom. The van der Waals surface area contributed by atoms with Gasteiger partial charge in [-0.05, 0) is 31.2 Å². The van der Waals surface area contributed by atoms with Gasteiger partial charge in [-0.15, -0.1) is 0 Å². The van der Waals surface area contributed by atoms with Gasteiger partial charge in [-0.3, -0.25) is 4.79 Å². The van der Waals surface area contributed by atoms with Gasteiger partial charge in [0.25, 0.3) is 0 Å². The van der Waals surface area contributed by atoms with Gasteiger partial charge in [-0.1, -0.05) is 30.3 Å². The molecular formula is C20H21NO3. The van der Waals surface area contributed by atoms with Gasteiger partial charge >= 0.3 is 0 Å². The molecule has 3 rings (SSSR count). The summed E-state index contributed by atoms with van der Waals surface area (Å²) in [7, 11) is 1.80. The topological polar surface area (TPSA) is 46.6 Å². The Morgan fingerprint density at radius 2 is 1.88 bits per heavy atom. The number of carbonyl (C=O) groups is 1. The van der Waals surface area contributed by atoms with Gasteiger partial charge in [0.05, 0.1) is 12.3 Å². The first-order chi connectivity index (χ1) is 11.6. The summed E-state index contributed by atoms with van der Waals surface area (Å²) in [6, 6.07) is 17.5. The highest BCUT2D eigenvalue weighted by Gasteiger charge is 2.19. The van der Waals surface area contributed by atoms with Crippen molar-refractivity contribution in [1.29, 1.82) is 0 Å². The molecule has 0 aliphatic heterocycles. The van der Waals surface area contributed by atoms with Crippen LogP contribution in [0.15, 0.2) is 69.7 Å². The third-order valence-electron chi connectivity index (χ3n) is 4.23. The number of hydrogen-bond acceptors (Lipinski definition) is 3. The second-order valence-corrected chi connectivity index (χ2v) is 5.83. The van der Waals surface area contributed by atoms with E-state index in [1.165, 1.54) is 0 Å². The first kappa shape index (κ1) is 16.1. The monoisotopic (exact) mass is 323 g/mol. The maximum atomic E-state index is 12.4. The molecule has 1 atom stereocenters. The quantitative estimate of drug-likeness (QED) is 0.661. The van der Waals surface area contributed by atoms with Crippen molar-refractivity contribution < 1.29 is 13.6 Å². The standard InChI is InChI=1S/C20H21NO3/c1-15(18-9-6-14-23-18)21(2)20(22)13-11-17-10-12-19(24-17)16-7-4-3-5-8-16/h3-10,12,14-15H,11,13H2,1-2H3. The number of aryl methyl sites for hydroxylation is 1. The van der Waals surface area contributed by atoms with E-state index in [9.17, 15) is 4.79 Å². The van der Waals surface area contributed by atoms with Gasteiger partial charge in [0.1, 0.15) is 17.3 Å². The fourth-order valence-electron chi connectivity index (χ4n) is 2.61. The minimum atomic E-state index is -0.0796. The van der Waals surface area contributed by atoms with Gasteiger partial charge in [-0.2, -0.15) is 0 Å². The van der Waals surface area contributed by atoms with Crippen LogP contribution >= 0.6 is 0 Å². The lowest BCUT2D eigenvalue weighted by atomic mass is 10.2. The van der Waals surface area contributed by atoms with E-state index in [0.29, 0.717) is 12.8 Å². The summed E-state index contributed by atoms with van der Waals surface area (Å²) in [4.78, 5) is 14.1. The van der Waals surface area contributed by atoms with E-state index in [-0.39, 0.29) is 11.9 Å².